The van der Waals surface area contributed by atoms with E-state index in [1.54, 1.807) is 20.8 Å². The second kappa shape index (κ2) is 48.1. The highest BCUT2D eigenvalue weighted by atomic mass is 16.6. The van der Waals surface area contributed by atoms with Gasteiger partial charge in [0.15, 0.2) is 6.10 Å². The molecule has 384 valence electrons. The number of carbonyl (C=O) groups is 4. The highest BCUT2D eigenvalue weighted by Crippen LogP contribution is 2.18. The van der Waals surface area contributed by atoms with Crippen molar-refractivity contribution in [3.8, 4) is 0 Å². The van der Waals surface area contributed by atoms with Gasteiger partial charge in [0.25, 0.3) is 0 Å². The second-order valence-electron chi connectivity index (χ2n) is 20.5. The first-order valence-electron chi connectivity index (χ1n) is 28.1. The number of carbonyl (C=O) groups excluding carboxylic acids is 3. The summed E-state index contributed by atoms with van der Waals surface area (Å²) in [6.07, 6.45) is 51.7. The Morgan fingerprint density at radius 3 is 0.985 bits per heavy atom. The quantitative estimate of drug-likeness (QED) is 0.0351. The molecule has 0 saturated carbocycles. The van der Waals surface area contributed by atoms with E-state index < -0.39 is 23.8 Å². The number of hydrogen-bond donors (Lipinski definition) is 2. The van der Waals surface area contributed by atoms with Gasteiger partial charge in [0, 0.05) is 19.3 Å². The van der Waals surface area contributed by atoms with E-state index in [2.05, 4.69) is 12.2 Å². The Bertz CT molecular complexity index is 1070. The number of nitrogens with one attached hydrogen (secondary N) is 1. The number of amides is 1. The molecule has 0 aliphatic carbocycles. The van der Waals surface area contributed by atoms with E-state index in [4.69, 9.17) is 19.3 Å². The number of alkyl carbamates (subject to hydrolysis) is 1. The van der Waals surface area contributed by atoms with Gasteiger partial charge in [0.1, 0.15) is 12.2 Å². The maximum Gasteiger partial charge on any atom is 0.407 e. The summed E-state index contributed by atoms with van der Waals surface area (Å²) in [7, 11) is 0. The molecule has 0 saturated heterocycles. The Hall–Kier alpha value is -2.32. The van der Waals surface area contributed by atoms with Gasteiger partial charge < -0.3 is 24.6 Å². The number of carboxylic acids is 1. The van der Waals surface area contributed by atoms with Gasteiger partial charge in [-0.3, -0.25) is 14.4 Å². The molecule has 0 heterocycles. The van der Waals surface area contributed by atoms with Crippen LogP contribution in [0.15, 0.2) is 0 Å². The van der Waals surface area contributed by atoms with Gasteiger partial charge in [0.05, 0.1) is 6.54 Å². The van der Waals surface area contributed by atoms with Gasteiger partial charge in [-0.2, -0.15) is 0 Å². The minimum atomic E-state index is -0.754. The molecule has 0 aromatic heterocycles. The lowest BCUT2D eigenvalue weighted by Gasteiger charge is -2.22. The van der Waals surface area contributed by atoms with Crippen molar-refractivity contribution in [2.45, 2.75) is 322 Å². The lowest BCUT2D eigenvalue weighted by atomic mass is 10.0. The molecule has 1 atom stereocenters. The average Bonchev–Trinajstić information content (AvgIpc) is 3.26. The summed E-state index contributed by atoms with van der Waals surface area (Å²) in [6, 6.07) is 0. The van der Waals surface area contributed by atoms with Crippen LogP contribution in [0.5, 0.6) is 0 Å². The normalized spacial score (nSPS) is 12.0. The molecule has 0 unspecified atom stereocenters. The Balaban J connectivity index is 3.81. The molecule has 0 spiro atoms. The average molecular weight is 922 g/mol. The molecule has 9 heteroatoms. The van der Waals surface area contributed by atoms with Crippen LogP contribution >= 0.6 is 0 Å². The van der Waals surface area contributed by atoms with Crippen LogP contribution in [0.1, 0.15) is 310 Å². The first-order valence-corrected chi connectivity index (χ1v) is 28.1. The first-order chi connectivity index (χ1) is 31.5. The van der Waals surface area contributed by atoms with E-state index in [0.717, 1.165) is 51.4 Å². The van der Waals surface area contributed by atoms with Crippen molar-refractivity contribution in [1.29, 1.82) is 0 Å². The largest absolute Gasteiger partial charge is 0.481 e. The predicted molar refractivity (Wildman–Crippen MR) is 272 cm³/mol. The standard InChI is InChI=1S/C56H107NO8/c1-5-6-7-8-9-10-11-28-32-35-38-41-44-47-53(60)63-50-51(49-57-55(62)65-56(2,3)4)64-54(61)48-45-42-39-36-33-30-27-25-23-21-19-17-15-13-12-14-16-18-20-22-24-26-29-31-34-37-40-43-46-52(58)59/h51H,5-50H2,1-4H3,(H,57,62)(H,58,59)/t51-/m0/s1. The van der Waals surface area contributed by atoms with E-state index in [-0.39, 0.29) is 25.1 Å². The highest BCUT2D eigenvalue weighted by Gasteiger charge is 2.21. The number of ether oxygens (including phenoxy) is 3. The summed E-state index contributed by atoms with van der Waals surface area (Å²) < 4.78 is 16.5. The van der Waals surface area contributed by atoms with Gasteiger partial charge in [-0.1, -0.05) is 251 Å². The lowest BCUT2D eigenvalue weighted by molar-refractivity contribution is -0.159. The van der Waals surface area contributed by atoms with Crippen molar-refractivity contribution < 1.29 is 38.5 Å². The van der Waals surface area contributed by atoms with Gasteiger partial charge in [-0.15, -0.1) is 0 Å². The third-order valence-electron chi connectivity index (χ3n) is 12.6. The predicted octanol–water partition coefficient (Wildman–Crippen LogP) is 17.2. The number of hydrogen-bond acceptors (Lipinski definition) is 7. The van der Waals surface area contributed by atoms with Crippen molar-refractivity contribution in [2.75, 3.05) is 13.2 Å². The molecule has 0 aromatic carbocycles. The van der Waals surface area contributed by atoms with Crippen molar-refractivity contribution in [2.24, 2.45) is 0 Å². The molecule has 9 nitrogen and oxygen atoms in total. The van der Waals surface area contributed by atoms with Crippen LogP contribution in [0.2, 0.25) is 0 Å². The third-order valence-corrected chi connectivity index (χ3v) is 12.6. The van der Waals surface area contributed by atoms with Gasteiger partial charge in [-0.05, 0) is 40.0 Å². The maximum absolute atomic E-state index is 12.7. The molecule has 0 rings (SSSR count). The number of rotatable bonds is 50. The van der Waals surface area contributed by atoms with Gasteiger partial charge >= 0.3 is 24.0 Å². The summed E-state index contributed by atoms with van der Waals surface area (Å²) in [5.74, 6) is -1.28. The molecule has 0 aliphatic heterocycles. The summed E-state index contributed by atoms with van der Waals surface area (Å²) >= 11 is 0. The van der Waals surface area contributed by atoms with Crippen LogP contribution in [-0.2, 0) is 28.6 Å². The van der Waals surface area contributed by atoms with Crippen LogP contribution < -0.4 is 5.32 Å². The Morgan fingerprint density at radius 2 is 0.692 bits per heavy atom. The number of aliphatic carboxylic acids is 1. The van der Waals surface area contributed by atoms with Gasteiger partial charge in [-0.25, -0.2) is 4.79 Å². The molecule has 0 bridgehead atoms. The van der Waals surface area contributed by atoms with Gasteiger partial charge in [0.2, 0.25) is 0 Å². The summed E-state index contributed by atoms with van der Waals surface area (Å²) in [4.78, 5) is 48.0. The minimum absolute atomic E-state index is 0.0265. The summed E-state index contributed by atoms with van der Waals surface area (Å²) in [5, 5.41) is 11.3. The Morgan fingerprint density at radius 1 is 0.415 bits per heavy atom. The molecule has 0 radical (unpaired) electrons. The Kier molecular flexibility index (Phi) is 46.4. The van der Waals surface area contributed by atoms with Crippen LogP contribution in [-0.4, -0.2) is 54.0 Å². The van der Waals surface area contributed by atoms with Crippen molar-refractivity contribution in [3.05, 3.63) is 0 Å². The molecule has 0 fully saturated rings. The zero-order valence-corrected chi connectivity index (χ0v) is 43.4. The minimum Gasteiger partial charge on any atom is -0.481 e. The SMILES string of the molecule is CCCCCCCCCCCCCCCC(=O)OC[C@H](CNC(=O)OC(C)(C)C)OC(=O)CCCCCCCCCCCCCCCCCCCCCCCCCCCCCCC(=O)O. The van der Waals surface area contributed by atoms with E-state index in [9.17, 15) is 19.2 Å². The second-order valence-corrected chi connectivity index (χ2v) is 20.5. The van der Waals surface area contributed by atoms with Crippen molar-refractivity contribution in [1.82, 2.24) is 5.32 Å². The molecular formula is C56H107NO8. The highest BCUT2D eigenvalue weighted by molar-refractivity contribution is 5.71. The maximum atomic E-state index is 12.7. The van der Waals surface area contributed by atoms with Crippen LogP contribution in [0.3, 0.4) is 0 Å². The zero-order chi connectivity index (χ0) is 47.7. The number of carboxylic acid groups (broad SMARTS) is 1. The first kappa shape index (κ1) is 62.7. The van der Waals surface area contributed by atoms with Crippen LogP contribution in [0, 0.1) is 0 Å². The molecular weight excluding hydrogens is 815 g/mol. The monoisotopic (exact) mass is 922 g/mol. The molecule has 2 N–H and O–H groups in total. The molecule has 1 amide bonds. The Labute approximate surface area is 401 Å². The zero-order valence-electron chi connectivity index (χ0n) is 43.4. The fourth-order valence-corrected chi connectivity index (χ4v) is 8.58. The smallest absolute Gasteiger partial charge is 0.407 e. The fraction of sp³-hybridized carbons (Fsp3) is 0.929. The molecule has 0 aromatic rings. The summed E-state index contributed by atoms with van der Waals surface area (Å²) in [5.41, 5.74) is -0.644. The van der Waals surface area contributed by atoms with E-state index in [0.29, 0.717) is 19.3 Å². The topological polar surface area (TPSA) is 128 Å². The van der Waals surface area contributed by atoms with E-state index in [1.807, 2.05) is 0 Å². The summed E-state index contributed by atoms with van der Waals surface area (Å²) in [6.45, 7) is 7.59. The van der Waals surface area contributed by atoms with Crippen LogP contribution in [0.4, 0.5) is 4.79 Å². The third kappa shape index (κ3) is 52.5. The number of unbranched alkanes of at least 4 members (excludes halogenated alkanes) is 39. The van der Waals surface area contributed by atoms with Crippen LogP contribution in [0.25, 0.3) is 0 Å². The van der Waals surface area contributed by atoms with Crippen molar-refractivity contribution in [3.63, 3.8) is 0 Å². The number of esters is 2. The lowest BCUT2D eigenvalue weighted by Crippen LogP contribution is -2.40. The van der Waals surface area contributed by atoms with E-state index in [1.165, 1.54) is 212 Å². The molecule has 65 heavy (non-hydrogen) atoms. The fourth-order valence-electron chi connectivity index (χ4n) is 8.58. The molecule has 0 aliphatic rings. The van der Waals surface area contributed by atoms with E-state index >= 15 is 0 Å². The van der Waals surface area contributed by atoms with Crippen molar-refractivity contribution >= 4 is 24.0 Å².